The summed E-state index contributed by atoms with van der Waals surface area (Å²) in [5.41, 5.74) is 0.130. The van der Waals surface area contributed by atoms with Crippen molar-refractivity contribution in [3.05, 3.63) is 33.9 Å². The number of nitrogens with one attached hydrogen (secondary N) is 1. The van der Waals surface area contributed by atoms with Gasteiger partial charge >= 0.3 is 11.9 Å². The number of carbonyl (C=O) groups is 5. The van der Waals surface area contributed by atoms with Crippen LogP contribution in [-0.4, -0.2) is 70.1 Å². The first-order chi connectivity index (χ1) is 21.2. The maximum atomic E-state index is 13.6. The van der Waals surface area contributed by atoms with Crippen LogP contribution in [0.1, 0.15) is 78.6 Å². The van der Waals surface area contributed by atoms with Crippen LogP contribution in [0, 0.1) is 50.5 Å². The summed E-state index contributed by atoms with van der Waals surface area (Å²) in [7, 11) is 0. The first-order valence-electron chi connectivity index (χ1n) is 15.8. The number of hydrogen-bond acceptors (Lipinski definition) is 10. The highest BCUT2D eigenvalue weighted by Gasteiger charge is 2.64. The maximum Gasteiger partial charge on any atom is 0.326 e. The molecule has 3 N–H and O–H groups in total. The molecular formula is C32H44N2O11. The van der Waals surface area contributed by atoms with Gasteiger partial charge in [0, 0.05) is 23.7 Å². The summed E-state index contributed by atoms with van der Waals surface area (Å²) < 4.78 is 5.24. The summed E-state index contributed by atoms with van der Waals surface area (Å²) in [6, 6.07) is -1.54. The van der Waals surface area contributed by atoms with Crippen molar-refractivity contribution in [2.24, 2.45) is 40.4 Å². The Balaban J connectivity index is 1.31. The Hall–Kier alpha value is -3.61. The van der Waals surface area contributed by atoms with E-state index < -0.39 is 64.9 Å². The lowest BCUT2D eigenvalue weighted by molar-refractivity contribution is -0.757. The number of hydrogen-bond donors (Lipinski definition) is 3. The molecule has 0 aliphatic heterocycles. The van der Waals surface area contributed by atoms with Gasteiger partial charge in [0.05, 0.1) is 19.1 Å². The number of carboxylic acids is 1. The maximum absolute atomic E-state index is 13.6. The normalized spacial score (nSPS) is 34.0. The van der Waals surface area contributed by atoms with E-state index in [-0.39, 0.29) is 48.3 Å². The molecule has 0 heterocycles. The number of unbranched alkanes of at least 4 members (excludes halogenated alkanes) is 2. The topological polar surface area (TPSA) is 199 Å². The zero-order chi connectivity index (χ0) is 33.1. The van der Waals surface area contributed by atoms with E-state index in [1.165, 1.54) is 0 Å². The second-order valence-corrected chi connectivity index (χ2v) is 13.6. The first kappa shape index (κ1) is 34.3. The number of fused-ring (bicyclic) bond motifs is 5. The van der Waals surface area contributed by atoms with Gasteiger partial charge in [-0.25, -0.2) is 4.79 Å². The van der Waals surface area contributed by atoms with E-state index in [4.69, 9.17) is 4.74 Å². The van der Waals surface area contributed by atoms with Crippen molar-refractivity contribution in [3.8, 4) is 0 Å². The van der Waals surface area contributed by atoms with Gasteiger partial charge < -0.3 is 25.1 Å². The van der Waals surface area contributed by atoms with Gasteiger partial charge in [-0.2, -0.15) is 0 Å². The third kappa shape index (κ3) is 7.29. The lowest BCUT2D eigenvalue weighted by atomic mass is 9.46. The monoisotopic (exact) mass is 632 g/mol. The molecule has 45 heavy (non-hydrogen) atoms. The Morgan fingerprint density at radius 3 is 2.62 bits per heavy atom. The van der Waals surface area contributed by atoms with E-state index in [2.05, 4.69) is 17.1 Å². The minimum Gasteiger partial charge on any atom is -0.480 e. The Kier molecular flexibility index (Phi) is 10.5. The molecule has 3 fully saturated rings. The molecule has 0 aromatic carbocycles. The van der Waals surface area contributed by atoms with E-state index in [0.717, 1.165) is 24.8 Å². The Bertz CT molecular complexity index is 1280. The number of aliphatic hydroxyl groups excluding tert-OH is 1. The quantitative estimate of drug-likeness (QED) is 0.110. The lowest BCUT2D eigenvalue weighted by Crippen LogP contribution is -2.56. The molecule has 0 spiro atoms. The van der Waals surface area contributed by atoms with Gasteiger partial charge in [0.1, 0.15) is 12.6 Å². The fraction of sp³-hybridized carbons (Fsp3) is 0.719. The number of rotatable bonds is 14. The molecule has 13 nitrogen and oxygen atoms in total. The molecule has 0 radical (unpaired) electrons. The number of esters is 1. The minimum atomic E-state index is -1.54. The van der Waals surface area contributed by atoms with Crippen molar-refractivity contribution in [2.45, 2.75) is 90.7 Å². The Morgan fingerprint density at radius 2 is 1.93 bits per heavy atom. The Labute approximate surface area is 261 Å². The standard InChI is InChI=1S/C32H44N2O11/c1-18-13-22-21-9-8-19-14-20(35)10-11-31(19,2)29(21)24(36)16-32(22,3)28(18)25(37)17-44-27(39)15-23(30(40)41)33-26(38)7-5-4-6-12-45-34(42)43/h10-11,14,18,21-24,28-29,36H,4-9,12-13,15-17H2,1-3H3,(H,33,38)(H,40,41)/t18-,21?,22?,23?,24?,28?,29?,31?,32?/m1/s1. The number of aliphatic carboxylic acids is 1. The molecule has 3 saturated carbocycles. The van der Waals surface area contributed by atoms with Crippen LogP contribution < -0.4 is 5.32 Å². The highest BCUT2D eigenvalue weighted by atomic mass is 16.9. The number of Topliss-reactive ketones (excluding diaryl/α,β-unsaturated/α-hetero) is 1. The summed E-state index contributed by atoms with van der Waals surface area (Å²) in [6.07, 6.45) is 7.82. The van der Waals surface area contributed by atoms with Gasteiger partial charge in [-0.05, 0) is 73.8 Å². The predicted octanol–water partition coefficient (Wildman–Crippen LogP) is 2.97. The zero-order valence-electron chi connectivity index (χ0n) is 26.1. The summed E-state index contributed by atoms with van der Waals surface area (Å²) in [5.74, 6) is -3.44. The van der Waals surface area contributed by atoms with Crippen LogP contribution in [-0.2, 0) is 33.5 Å². The molecule has 0 aromatic heterocycles. The molecule has 9 atom stereocenters. The predicted molar refractivity (Wildman–Crippen MR) is 158 cm³/mol. The number of amides is 1. The van der Waals surface area contributed by atoms with Crippen LogP contribution in [0.3, 0.4) is 0 Å². The van der Waals surface area contributed by atoms with Crippen LogP contribution in [0.15, 0.2) is 23.8 Å². The van der Waals surface area contributed by atoms with Crippen LogP contribution in [0.4, 0.5) is 0 Å². The van der Waals surface area contributed by atoms with Gasteiger partial charge in [-0.15, -0.1) is 10.1 Å². The minimum absolute atomic E-state index is 0.0115. The molecular weight excluding hydrogens is 588 g/mol. The number of ketones is 2. The van der Waals surface area contributed by atoms with E-state index in [1.54, 1.807) is 12.2 Å². The van der Waals surface area contributed by atoms with Crippen molar-refractivity contribution in [2.75, 3.05) is 13.2 Å². The molecule has 4 aliphatic carbocycles. The third-order valence-electron chi connectivity index (χ3n) is 10.8. The molecule has 0 aromatic rings. The summed E-state index contributed by atoms with van der Waals surface area (Å²) >= 11 is 0. The Morgan fingerprint density at radius 1 is 1.20 bits per heavy atom. The molecule has 4 aliphatic rings. The molecule has 248 valence electrons. The number of allylic oxidation sites excluding steroid dienone is 4. The van der Waals surface area contributed by atoms with Gasteiger partial charge in [0.25, 0.3) is 5.09 Å². The van der Waals surface area contributed by atoms with Gasteiger partial charge in [0.15, 0.2) is 11.6 Å². The fourth-order valence-corrected chi connectivity index (χ4v) is 9.02. The molecule has 4 rings (SSSR count). The van der Waals surface area contributed by atoms with E-state index in [1.807, 2.05) is 19.9 Å². The SMILES string of the molecule is C[C@@H]1CC2C3CCC4=CC(=O)C=CC4(C)C3C(O)CC2(C)C1C(=O)COC(=O)CC(NC(=O)CCCCCO[N+](=O)[O-])C(=O)O. The second-order valence-electron chi connectivity index (χ2n) is 13.6. The third-order valence-corrected chi connectivity index (χ3v) is 10.8. The van der Waals surface area contributed by atoms with Crippen molar-refractivity contribution >= 4 is 29.4 Å². The number of ether oxygens (including phenoxy) is 1. The van der Waals surface area contributed by atoms with Crippen molar-refractivity contribution in [1.29, 1.82) is 0 Å². The van der Waals surface area contributed by atoms with E-state index in [9.17, 15) is 44.3 Å². The van der Waals surface area contributed by atoms with Crippen molar-refractivity contribution in [1.82, 2.24) is 5.32 Å². The summed E-state index contributed by atoms with van der Waals surface area (Å²) in [4.78, 5) is 76.5. The molecule has 0 saturated heterocycles. The molecule has 0 bridgehead atoms. The lowest BCUT2D eigenvalue weighted by Gasteiger charge is -2.58. The molecule has 1 amide bonds. The van der Waals surface area contributed by atoms with Gasteiger partial charge in [-0.1, -0.05) is 38.8 Å². The number of carbonyl (C=O) groups excluding carboxylic acids is 4. The van der Waals surface area contributed by atoms with E-state index in [0.29, 0.717) is 25.7 Å². The van der Waals surface area contributed by atoms with E-state index >= 15 is 0 Å². The smallest absolute Gasteiger partial charge is 0.326 e. The van der Waals surface area contributed by atoms with Crippen molar-refractivity contribution in [3.63, 3.8) is 0 Å². The highest BCUT2D eigenvalue weighted by Crippen LogP contribution is 2.67. The first-order valence-corrected chi connectivity index (χ1v) is 15.8. The average molecular weight is 633 g/mol. The number of aliphatic hydroxyl groups is 1. The van der Waals surface area contributed by atoms with Crippen LogP contribution in [0.25, 0.3) is 0 Å². The highest BCUT2D eigenvalue weighted by molar-refractivity contribution is 6.01. The number of nitrogens with zero attached hydrogens (tertiary/aromatic N) is 1. The van der Waals surface area contributed by atoms with Crippen LogP contribution in [0.5, 0.6) is 0 Å². The van der Waals surface area contributed by atoms with Crippen LogP contribution >= 0.6 is 0 Å². The number of carboxylic acid groups (broad SMARTS) is 1. The van der Waals surface area contributed by atoms with Gasteiger partial charge in [-0.3, -0.25) is 19.2 Å². The molecule has 13 heteroatoms. The summed E-state index contributed by atoms with van der Waals surface area (Å²) in [6.45, 7) is 5.52. The average Bonchev–Trinajstić information content (AvgIpc) is 3.22. The fourth-order valence-electron chi connectivity index (χ4n) is 9.02. The summed E-state index contributed by atoms with van der Waals surface area (Å²) in [5, 5.41) is 32.6. The zero-order valence-corrected chi connectivity index (χ0v) is 26.1. The largest absolute Gasteiger partial charge is 0.480 e. The second kappa shape index (κ2) is 13.8. The van der Waals surface area contributed by atoms with Gasteiger partial charge in [0.2, 0.25) is 5.91 Å². The molecule has 8 unspecified atom stereocenters. The van der Waals surface area contributed by atoms with Crippen molar-refractivity contribution < 1.29 is 48.8 Å². The van der Waals surface area contributed by atoms with Crippen LogP contribution in [0.2, 0.25) is 0 Å².